The number of nitrogens with two attached hydrogens (primary N) is 1. The van der Waals surface area contributed by atoms with Crippen molar-refractivity contribution >= 4 is 0 Å². The molecular weight excluding hydrogens is 220 g/mol. The zero-order valence-corrected chi connectivity index (χ0v) is 11.1. The normalized spacial score (nSPS) is 28.3. The third-order valence-electron chi connectivity index (χ3n) is 4.63. The van der Waals surface area contributed by atoms with Gasteiger partial charge in [-0.1, -0.05) is 24.3 Å². The van der Waals surface area contributed by atoms with Gasteiger partial charge in [-0.15, -0.1) is 0 Å². The van der Waals surface area contributed by atoms with Crippen LogP contribution in [0.2, 0.25) is 0 Å². The Hall–Kier alpha value is -0.860. The van der Waals surface area contributed by atoms with E-state index in [2.05, 4.69) is 29.2 Å². The van der Waals surface area contributed by atoms with Crippen LogP contribution in [0.25, 0.3) is 0 Å². The van der Waals surface area contributed by atoms with Gasteiger partial charge in [0.15, 0.2) is 0 Å². The lowest BCUT2D eigenvalue weighted by Gasteiger charge is -2.35. The van der Waals surface area contributed by atoms with Gasteiger partial charge in [0, 0.05) is 6.54 Å². The van der Waals surface area contributed by atoms with Crippen molar-refractivity contribution in [2.24, 2.45) is 11.7 Å². The van der Waals surface area contributed by atoms with E-state index in [-0.39, 0.29) is 0 Å². The standard InChI is InChI=1S/C16H24N2/c17-11-14-9-16(10-14)15-5-3-13(4-6-15)12-18-7-1-2-8-18/h3-6,14,16H,1-2,7-12,17H2. The van der Waals surface area contributed by atoms with Crippen LogP contribution in [0.3, 0.4) is 0 Å². The molecule has 1 aromatic carbocycles. The van der Waals surface area contributed by atoms with Gasteiger partial charge >= 0.3 is 0 Å². The zero-order valence-electron chi connectivity index (χ0n) is 11.1. The minimum absolute atomic E-state index is 0.777. The van der Waals surface area contributed by atoms with Crippen LogP contribution < -0.4 is 5.73 Å². The van der Waals surface area contributed by atoms with E-state index in [9.17, 15) is 0 Å². The summed E-state index contributed by atoms with van der Waals surface area (Å²) in [4.78, 5) is 2.56. The molecule has 0 spiro atoms. The van der Waals surface area contributed by atoms with Crippen molar-refractivity contribution in [3.63, 3.8) is 0 Å². The maximum Gasteiger partial charge on any atom is 0.0233 e. The van der Waals surface area contributed by atoms with Gasteiger partial charge in [0.25, 0.3) is 0 Å². The molecule has 0 amide bonds. The fourth-order valence-electron chi connectivity index (χ4n) is 3.29. The Morgan fingerprint density at radius 1 is 1.06 bits per heavy atom. The van der Waals surface area contributed by atoms with Crippen molar-refractivity contribution in [3.8, 4) is 0 Å². The predicted molar refractivity (Wildman–Crippen MR) is 75.5 cm³/mol. The van der Waals surface area contributed by atoms with E-state index in [1.807, 2.05) is 0 Å². The van der Waals surface area contributed by atoms with Gasteiger partial charge in [0.2, 0.25) is 0 Å². The minimum atomic E-state index is 0.777. The summed E-state index contributed by atoms with van der Waals surface area (Å²) in [5, 5.41) is 0. The summed E-state index contributed by atoms with van der Waals surface area (Å²) in [5.74, 6) is 1.55. The molecular formula is C16H24N2. The number of nitrogens with zero attached hydrogens (tertiary/aromatic N) is 1. The summed E-state index contributed by atoms with van der Waals surface area (Å²) in [6.45, 7) is 4.56. The molecule has 1 aliphatic carbocycles. The number of hydrogen-bond acceptors (Lipinski definition) is 2. The van der Waals surface area contributed by atoms with E-state index in [1.165, 1.54) is 49.9 Å². The highest BCUT2D eigenvalue weighted by molar-refractivity contribution is 5.27. The average molecular weight is 244 g/mol. The molecule has 0 aromatic heterocycles. The minimum Gasteiger partial charge on any atom is -0.330 e. The highest BCUT2D eigenvalue weighted by Gasteiger charge is 2.28. The van der Waals surface area contributed by atoms with Crippen molar-refractivity contribution in [1.82, 2.24) is 4.90 Å². The van der Waals surface area contributed by atoms with Crippen molar-refractivity contribution in [2.45, 2.75) is 38.1 Å². The van der Waals surface area contributed by atoms with Crippen LogP contribution in [0, 0.1) is 5.92 Å². The quantitative estimate of drug-likeness (QED) is 0.882. The summed E-state index contributed by atoms with van der Waals surface area (Å²) in [6.07, 6.45) is 5.34. The Morgan fingerprint density at radius 3 is 2.33 bits per heavy atom. The molecule has 1 saturated carbocycles. The van der Waals surface area contributed by atoms with Crippen molar-refractivity contribution in [1.29, 1.82) is 0 Å². The predicted octanol–water partition coefficient (Wildman–Crippen LogP) is 2.73. The molecule has 3 rings (SSSR count). The third kappa shape index (κ3) is 2.60. The third-order valence-corrected chi connectivity index (χ3v) is 4.63. The Morgan fingerprint density at radius 2 is 1.72 bits per heavy atom. The van der Waals surface area contributed by atoms with Crippen molar-refractivity contribution in [3.05, 3.63) is 35.4 Å². The Kier molecular flexibility index (Phi) is 3.67. The molecule has 1 heterocycles. The van der Waals surface area contributed by atoms with E-state index in [1.54, 1.807) is 0 Å². The van der Waals surface area contributed by atoms with Gasteiger partial charge in [-0.2, -0.15) is 0 Å². The topological polar surface area (TPSA) is 29.3 Å². The van der Waals surface area contributed by atoms with E-state index in [0.717, 1.165) is 24.9 Å². The Balaban J connectivity index is 1.56. The molecule has 18 heavy (non-hydrogen) atoms. The second kappa shape index (κ2) is 5.41. The van der Waals surface area contributed by atoms with Gasteiger partial charge in [0.1, 0.15) is 0 Å². The molecule has 1 aromatic rings. The van der Waals surface area contributed by atoms with E-state index >= 15 is 0 Å². The van der Waals surface area contributed by atoms with Crippen LogP contribution in [0.4, 0.5) is 0 Å². The highest BCUT2D eigenvalue weighted by Crippen LogP contribution is 2.40. The maximum absolute atomic E-state index is 5.68. The fourth-order valence-corrected chi connectivity index (χ4v) is 3.29. The first-order valence-electron chi connectivity index (χ1n) is 7.36. The van der Waals surface area contributed by atoms with Crippen LogP contribution in [0.1, 0.15) is 42.7 Å². The summed E-state index contributed by atoms with van der Waals surface area (Å²) in [7, 11) is 0. The molecule has 1 saturated heterocycles. The number of hydrogen-bond donors (Lipinski definition) is 1. The average Bonchev–Trinajstić information content (AvgIpc) is 2.83. The van der Waals surface area contributed by atoms with Crippen LogP contribution in [-0.2, 0) is 6.54 Å². The van der Waals surface area contributed by atoms with Gasteiger partial charge in [-0.05, 0) is 68.3 Å². The van der Waals surface area contributed by atoms with Gasteiger partial charge in [0.05, 0.1) is 0 Å². The maximum atomic E-state index is 5.68. The molecule has 98 valence electrons. The first-order chi connectivity index (χ1) is 8.85. The summed E-state index contributed by atoms with van der Waals surface area (Å²) < 4.78 is 0. The Labute approximate surface area is 110 Å². The first-order valence-corrected chi connectivity index (χ1v) is 7.36. The van der Waals surface area contributed by atoms with Crippen LogP contribution in [0.5, 0.6) is 0 Å². The molecule has 0 unspecified atom stereocenters. The molecule has 2 fully saturated rings. The molecule has 2 heteroatoms. The lowest BCUT2D eigenvalue weighted by Crippen LogP contribution is -2.28. The second-order valence-electron chi connectivity index (χ2n) is 5.99. The molecule has 2 nitrogen and oxygen atoms in total. The van der Waals surface area contributed by atoms with Crippen LogP contribution >= 0.6 is 0 Å². The zero-order chi connectivity index (χ0) is 12.4. The lowest BCUT2D eigenvalue weighted by molar-refractivity contribution is 0.272. The SMILES string of the molecule is NCC1CC(c2ccc(CN3CCCC3)cc2)C1. The molecule has 2 aliphatic rings. The number of benzene rings is 1. The molecule has 1 aliphatic heterocycles. The smallest absolute Gasteiger partial charge is 0.0233 e. The summed E-state index contributed by atoms with van der Waals surface area (Å²) in [6, 6.07) is 9.32. The van der Waals surface area contributed by atoms with E-state index in [0.29, 0.717) is 0 Å². The molecule has 2 N–H and O–H groups in total. The molecule has 0 radical (unpaired) electrons. The van der Waals surface area contributed by atoms with E-state index in [4.69, 9.17) is 5.73 Å². The lowest BCUT2D eigenvalue weighted by atomic mass is 9.71. The molecule has 0 atom stereocenters. The van der Waals surface area contributed by atoms with Crippen molar-refractivity contribution < 1.29 is 0 Å². The summed E-state index contributed by atoms with van der Waals surface area (Å²) >= 11 is 0. The summed E-state index contributed by atoms with van der Waals surface area (Å²) in [5.41, 5.74) is 8.67. The van der Waals surface area contributed by atoms with Crippen LogP contribution in [0.15, 0.2) is 24.3 Å². The van der Waals surface area contributed by atoms with Gasteiger partial charge in [-0.3, -0.25) is 4.90 Å². The van der Waals surface area contributed by atoms with E-state index < -0.39 is 0 Å². The number of rotatable bonds is 4. The Bertz CT molecular complexity index is 373. The second-order valence-corrected chi connectivity index (χ2v) is 5.99. The number of likely N-dealkylation sites (tertiary alicyclic amines) is 1. The van der Waals surface area contributed by atoms with Crippen molar-refractivity contribution in [2.75, 3.05) is 19.6 Å². The monoisotopic (exact) mass is 244 g/mol. The molecule has 0 bridgehead atoms. The van der Waals surface area contributed by atoms with Gasteiger partial charge in [-0.25, -0.2) is 0 Å². The first kappa shape index (κ1) is 12.2. The van der Waals surface area contributed by atoms with Crippen LogP contribution in [-0.4, -0.2) is 24.5 Å². The highest BCUT2D eigenvalue weighted by atomic mass is 15.1. The largest absolute Gasteiger partial charge is 0.330 e. The fraction of sp³-hybridized carbons (Fsp3) is 0.625. The van der Waals surface area contributed by atoms with Gasteiger partial charge < -0.3 is 5.73 Å².